The fourth-order valence-electron chi connectivity index (χ4n) is 3.53. The zero-order valence-electron chi connectivity index (χ0n) is 17.3. The first-order valence-electron chi connectivity index (χ1n) is 9.80. The standard InChI is InChI=1S/C22H22BrCl2N3O3/c1-4-31-21(30)18-19(28(12(2)3)22(23)27-18)17(13-5-7-15(24)8-6-13)10-14-9-16(25)11-26-20(14)29/h5-9,11-12,17H,4,10H2,1-3H3,(H,26,29). The van der Waals surface area contributed by atoms with Crippen LogP contribution in [0.1, 0.15) is 60.0 Å². The maximum Gasteiger partial charge on any atom is 0.358 e. The van der Waals surface area contributed by atoms with Crippen LogP contribution in [0.4, 0.5) is 0 Å². The van der Waals surface area contributed by atoms with Crippen LogP contribution in [0.2, 0.25) is 10.0 Å². The zero-order chi connectivity index (χ0) is 22.7. The Kier molecular flexibility index (Phi) is 7.62. The van der Waals surface area contributed by atoms with Gasteiger partial charge in [-0.3, -0.25) is 4.79 Å². The highest BCUT2D eigenvalue weighted by atomic mass is 79.9. The molecule has 1 aromatic carbocycles. The quantitative estimate of drug-likeness (QED) is 0.396. The summed E-state index contributed by atoms with van der Waals surface area (Å²) >= 11 is 15.7. The highest BCUT2D eigenvalue weighted by Crippen LogP contribution is 2.35. The van der Waals surface area contributed by atoms with Crippen LogP contribution in [0, 0.1) is 0 Å². The van der Waals surface area contributed by atoms with E-state index >= 15 is 0 Å². The van der Waals surface area contributed by atoms with Gasteiger partial charge in [-0.05, 0) is 66.9 Å². The summed E-state index contributed by atoms with van der Waals surface area (Å²) in [6, 6.07) is 8.95. The van der Waals surface area contributed by atoms with Crippen molar-refractivity contribution in [1.29, 1.82) is 0 Å². The van der Waals surface area contributed by atoms with Gasteiger partial charge in [0.05, 0.1) is 17.3 Å². The molecule has 1 atom stereocenters. The van der Waals surface area contributed by atoms with Crippen LogP contribution in [-0.4, -0.2) is 27.1 Å². The van der Waals surface area contributed by atoms with Crippen molar-refractivity contribution in [3.8, 4) is 0 Å². The molecule has 0 radical (unpaired) electrons. The fraction of sp³-hybridized carbons (Fsp3) is 0.318. The van der Waals surface area contributed by atoms with E-state index in [-0.39, 0.29) is 29.8 Å². The van der Waals surface area contributed by atoms with Gasteiger partial charge in [0.2, 0.25) is 0 Å². The molecule has 0 spiro atoms. The van der Waals surface area contributed by atoms with Crippen LogP contribution in [0.5, 0.6) is 0 Å². The average Bonchev–Trinajstić information content (AvgIpc) is 3.07. The van der Waals surface area contributed by atoms with Gasteiger partial charge < -0.3 is 14.3 Å². The Morgan fingerprint density at radius 3 is 2.52 bits per heavy atom. The number of nitrogens with zero attached hydrogens (tertiary/aromatic N) is 2. The van der Waals surface area contributed by atoms with Crippen molar-refractivity contribution in [2.24, 2.45) is 0 Å². The van der Waals surface area contributed by atoms with Crippen LogP contribution in [0.3, 0.4) is 0 Å². The Balaban J connectivity index is 2.26. The van der Waals surface area contributed by atoms with Gasteiger partial charge in [0.25, 0.3) is 5.56 Å². The molecule has 31 heavy (non-hydrogen) atoms. The lowest BCUT2D eigenvalue weighted by molar-refractivity contribution is 0.0518. The average molecular weight is 527 g/mol. The number of H-pyrrole nitrogens is 1. The summed E-state index contributed by atoms with van der Waals surface area (Å²) in [5, 5.41) is 1.01. The summed E-state index contributed by atoms with van der Waals surface area (Å²) in [6.45, 7) is 5.96. The van der Waals surface area contributed by atoms with Crippen LogP contribution in [0.15, 0.2) is 46.1 Å². The lowest BCUT2D eigenvalue weighted by Gasteiger charge is -2.23. The molecule has 9 heteroatoms. The summed E-state index contributed by atoms with van der Waals surface area (Å²) in [4.78, 5) is 32.4. The lowest BCUT2D eigenvalue weighted by atomic mass is 9.88. The second-order valence-electron chi connectivity index (χ2n) is 7.28. The molecule has 2 aromatic heterocycles. The predicted molar refractivity (Wildman–Crippen MR) is 125 cm³/mol. The molecule has 0 aliphatic heterocycles. The number of imidazole rings is 1. The van der Waals surface area contributed by atoms with Crippen molar-refractivity contribution in [3.05, 3.63) is 84.2 Å². The number of aromatic nitrogens is 3. The number of esters is 1. The molecular formula is C22H22BrCl2N3O3. The van der Waals surface area contributed by atoms with Crippen molar-refractivity contribution in [2.45, 2.75) is 39.2 Å². The number of carbonyl (C=O) groups is 1. The third kappa shape index (κ3) is 5.22. The number of benzene rings is 1. The molecule has 3 rings (SSSR count). The SMILES string of the molecule is CCOC(=O)c1nc(Br)n(C(C)C)c1C(Cc1cc(Cl)c[nH]c1=O)c1ccc(Cl)cc1. The number of aromatic amines is 1. The Labute approximate surface area is 198 Å². The number of ether oxygens (including phenoxy) is 1. The number of pyridine rings is 1. The Morgan fingerprint density at radius 1 is 1.23 bits per heavy atom. The van der Waals surface area contributed by atoms with E-state index in [0.717, 1.165) is 5.56 Å². The van der Waals surface area contributed by atoms with Crippen LogP contribution in [0.25, 0.3) is 0 Å². The van der Waals surface area contributed by atoms with Gasteiger partial charge in [-0.15, -0.1) is 0 Å². The van der Waals surface area contributed by atoms with Crippen molar-refractivity contribution >= 4 is 45.1 Å². The van der Waals surface area contributed by atoms with Gasteiger partial charge in [0, 0.05) is 28.7 Å². The van der Waals surface area contributed by atoms with E-state index in [0.29, 0.717) is 32.5 Å². The fourth-order valence-corrected chi connectivity index (χ4v) is 4.62. The first kappa shape index (κ1) is 23.6. The molecule has 0 saturated heterocycles. The molecule has 0 aliphatic carbocycles. The van der Waals surface area contributed by atoms with Crippen molar-refractivity contribution in [2.75, 3.05) is 6.61 Å². The molecule has 2 heterocycles. The molecule has 1 unspecified atom stereocenters. The van der Waals surface area contributed by atoms with E-state index in [1.807, 2.05) is 30.5 Å². The molecule has 164 valence electrons. The van der Waals surface area contributed by atoms with Gasteiger partial charge in [-0.25, -0.2) is 9.78 Å². The number of carbonyl (C=O) groups excluding carboxylic acids is 1. The first-order chi connectivity index (χ1) is 14.7. The predicted octanol–water partition coefficient (Wildman–Crippen LogP) is 5.77. The monoisotopic (exact) mass is 525 g/mol. The minimum Gasteiger partial charge on any atom is -0.461 e. The Morgan fingerprint density at radius 2 is 1.90 bits per heavy atom. The lowest BCUT2D eigenvalue weighted by Crippen LogP contribution is -2.21. The summed E-state index contributed by atoms with van der Waals surface area (Å²) in [6.07, 6.45) is 1.75. The number of nitrogens with one attached hydrogen (secondary N) is 1. The Hall–Kier alpha value is -2.09. The van der Waals surface area contributed by atoms with Crippen molar-refractivity contribution in [3.63, 3.8) is 0 Å². The van der Waals surface area contributed by atoms with Gasteiger partial charge in [0.1, 0.15) is 0 Å². The summed E-state index contributed by atoms with van der Waals surface area (Å²) < 4.78 is 7.72. The van der Waals surface area contributed by atoms with Crippen LogP contribution < -0.4 is 5.56 Å². The third-order valence-electron chi connectivity index (χ3n) is 4.86. The molecule has 0 bridgehead atoms. The molecule has 0 fully saturated rings. The molecular weight excluding hydrogens is 505 g/mol. The first-order valence-corrected chi connectivity index (χ1v) is 11.3. The summed E-state index contributed by atoms with van der Waals surface area (Å²) in [5.74, 6) is -0.894. The van der Waals surface area contributed by atoms with Gasteiger partial charge in [0.15, 0.2) is 10.4 Å². The van der Waals surface area contributed by atoms with E-state index in [2.05, 4.69) is 25.9 Å². The van der Waals surface area contributed by atoms with E-state index < -0.39 is 5.97 Å². The van der Waals surface area contributed by atoms with Gasteiger partial charge in [-0.2, -0.15) is 0 Å². The van der Waals surface area contributed by atoms with Crippen LogP contribution >= 0.6 is 39.1 Å². The Bertz CT molecular complexity index is 1140. The maximum atomic E-state index is 12.8. The number of hydrogen-bond donors (Lipinski definition) is 1. The van der Waals surface area contributed by atoms with E-state index in [4.69, 9.17) is 27.9 Å². The minimum atomic E-state index is -0.517. The van der Waals surface area contributed by atoms with Crippen LogP contribution in [-0.2, 0) is 11.2 Å². The highest BCUT2D eigenvalue weighted by Gasteiger charge is 2.31. The second kappa shape index (κ2) is 10.0. The molecule has 1 N–H and O–H groups in total. The highest BCUT2D eigenvalue weighted by molar-refractivity contribution is 9.10. The van der Waals surface area contributed by atoms with E-state index in [9.17, 15) is 9.59 Å². The normalized spacial score (nSPS) is 12.2. The van der Waals surface area contributed by atoms with Crippen molar-refractivity contribution < 1.29 is 9.53 Å². The van der Waals surface area contributed by atoms with Gasteiger partial charge in [-0.1, -0.05) is 35.3 Å². The van der Waals surface area contributed by atoms with E-state index in [1.165, 1.54) is 6.20 Å². The zero-order valence-corrected chi connectivity index (χ0v) is 20.4. The molecule has 0 aliphatic rings. The largest absolute Gasteiger partial charge is 0.461 e. The maximum absolute atomic E-state index is 12.8. The minimum absolute atomic E-state index is 0.00695. The molecule has 3 aromatic rings. The number of hydrogen-bond acceptors (Lipinski definition) is 4. The number of halogens is 3. The second-order valence-corrected chi connectivity index (χ2v) is 8.86. The molecule has 0 amide bonds. The topological polar surface area (TPSA) is 77.0 Å². The van der Waals surface area contributed by atoms with Gasteiger partial charge >= 0.3 is 5.97 Å². The van der Waals surface area contributed by atoms with Crippen molar-refractivity contribution in [1.82, 2.24) is 14.5 Å². The summed E-state index contributed by atoms with van der Waals surface area (Å²) in [5.41, 5.74) is 2.00. The number of rotatable bonds is 7. The van der Waals surface area contributed by atoms with E-state index in [1.54, 1.807) is 25.1 Å². The molecule has 6 nitrogen and oxygen atoms in total. The molecule has 0 saturated carbocycles. The summed E-state index contributed by atoms with van der Waals surface area (Å²) in [7, 11) is 0. The smallest absolute Gasteiger partial charge is 0.358 e. The third-order valence-corrected chi connectivity index (χ3v) is 5.89.